The van der Waals surface area contributed by atoms with Gasteiger partial charge in [0.2, 0.25) is 5.91 Å². The van der Waals surface area contributed by atoms with Crippen molar-refractivity contribution in [3.63, 3.8) is 0 Å². The Hall–Kier alpha value is -3.26. The van der Waals surface area contributed by atoms with E-state index in [2.05, 4.69) is 47.6 Å². The number of aryl methyl sites for hydroxylation is 3. The molecule has 0 saturated carbocycles. The van der Waals surface area contributed by atoms with E-state index in [1.165, 1.54) is 11.1 Å². The normalized spacial score (nSPS) is 11.4. The summed E-state index contributed by atoms with van der Waals surface area (Å²) < 4.78 is 8.68. The Labute approximate surface area is 168 Å². The molecule has 0 unspecified atom stereocenters. The summed E-state index contributed by atoms with van der Waals surface area (Å²) in [6, 6.07) is 8.39. The van der Waals surface area contributed by atoms with Crippen LogP contribution in [-0.4, -0.2) is 50.4 Å². The maximum absolute atomic E-state index is 11.9. The molecule has 4 aromatic rings. The van der Waals surface area contributed by atoms with E-state index < -0.39 is 0 Å². The summed E-state index contributed by atoms with van der Waals surface area (Å²) >= 11 is 0. The third kappa shape index (κ3) is 3.84. The number of nitrogens with one attached hydrogen (secondary N) is 1. The monoisotopic (exact) mass is 392 g/mol. The van der Waals surface area contributed by atoms with Crippen LogP contribution < -0.4 is 5.32 Å². The molecule has 4 rings (SSSR count). The summed E-state index contributed by atoms with van der Waals surface area (Å²) in [5.41, 5.74) is 6.00. The molecule has 0 radical (unpaired) electrons. The zero-order valence-electron chi connectivity index (χ0n) is 16.8. The number of hydrogen-bond acceptors (Lipinski definition) is 5. The lowest BCUT2D eigenvalue weighted by atomic mass is 10.0. The Morgan fingerprint density at radius 2 is 2.03 bits per heavy atom. The third-order valence-electron chi connectivity index (χ3n) is 4.96. The van der Waals surface area contributed by atoms with Crippen molar-refractivity contribution in [2.75, 3.05) is 20.3 Å². The first-order valence-electron chi connectivity index (χ1n) is 9.62. The molecule has 3 heterocycles. The minimum absolute atomic E-state index is 0.0264. The minimum Gasteiger partial charge on any atom is -0.383 e. The van der Waals surface area contributed by atoms with Crippen LogP contribution in [0, 0.1) is 13.8 Å². The minimum atomic E-state index is -0.0264. The van der Waals surface area contributed by atoms with Gasteiger partial charge in [0, 0.05) is 44.5 Å². The summed E-state index contributed by atoms with van der Waals surface area (Å²) in [7, 11) is 1.61. The van der Waals surface area contributed by atoms with E-state index in [1.807, 2.05) is 27.4 Å². The smallest absolute Gasteiger partial charge is 0.220 e. The Morgan fingerprint density at radius 1 is 1.17 bits per heavy atom. The second-order valence-electron chi connectivity index (χ2n) is 7.13. The van der Waals surface area contributed by atoms with Gasteiger partial charge in [0.15, 0.2) is 5.65 Å². The van der Waals surface area contributed by atoms with Crippen LogP contribution in [0.5, 0.6) is 0 Å². The second-order valence-corrected chi connectivity index (χ2v) is 7.13. The van der Waals surface area contributed by atoms with Gasteiger partial charge in [0.1, 0.15) is 11.3 Å². The largest absolute Gasteiger partial charge is 0.383 e. The first-order chi connectivity index (χ1) is 14.1. The second kappa shape index (κ2) is 8.00. The fourth-order valence-corrected chi connectivity index (χ4v) is 3.38. The van der Waals surface area contributed by atoms with Gasteiger partial charge in [-0.05, 0) is 31.5 Å². The highest BCUT2D eigenvalue weighted by atomic mass is 16.5. The predicted molar refractivity (Wildman–Crippen MR) is 110 cm³/mol. The fourth-order valence-electron chi connectivity index (χ4n) is 3.38. The Morgan fingerprint density at radius 3 is 2.86 bits per heavy atom. The molecule has 150 valence electrons. The first kappa shape index (κ1) is 19.1. The standard InChI is InChI=1S/C21H24N6O2/c1-14-4-5-15(2)16(12-14)17-13-18-21-24-23-19(26(21)9-10-27(18)25-17)6-7-20(28)22-8-11-29-3/h4-5,9-10,12-13H,6-8,11H2,1-3H3,(H,22,28). The van der Waals surface area contributed by atoms with Crippen molar-refractivity contribution >= 4 is 17.1 Å². The van der Waals surface area contributed by atoms with Crippen molar-refractivity contribution in [3.05, 3.63) is 53.6 Å². The van der Waals surface area contributed by atoms with E-state index >= 15 is 0 Å². The molecule has 0 saturated heterocycles. The molecule has 29 heavy (non-hydrogen) atoms. The number of rotatable bonds is 7. The number of benzene rings is 1. The number of carbonyl (C=O) groups excluding carboxylic acids is 1. The predicted octanol–water partition coefficient (Wildman–Crippen LogP) is 2.36. The van der Waals surface area contributed by atoms with Crippen molar-refractivity contribution in [1.82, 2.24) is 29.5 Å². The summed E-state index contributed by atoms with van der Waals surface area (Å²) in [4.78, 5) is 11.9. The molecular weight excluding hydrogens is 368 g/mol. The van der Waals surface area contributed by atoms with Crippen molar-refractivity contribution in [2.24, 2.45) is 0 Å². The van der Waals surface area contributed by atoms with Gasteiger partial charge in [0.25, 0.3) is 0 Å². The highest BCUT2D eigenvalue weighted by Crippen LogP contribution is 2.26. The molecule has 1 aromatic carbocycles. The van der Waals surface area contributed by atoms with Crippen LogP contribution in [0.25, 0.3) is 22.4 Å². The maximum atomic E-state index is 11.9. The zero-order chi connectivity index (χ0) is 20.4. The van der Waals surface area contributed by atoms with Crippen LogP contribution in [0.4, 0.5) is 0 Å². The summed E-state index contributed by atoms with van der Waals surface area (Å²) in [6.07, 6.45) is 4.64. The van der Waals surface area contributed by atoms with Crippen molar-refractivity contribution in [2.45, 2.75) is 26.7 Å². The Kier molecular flexibility index (Phi) is 5.26. The molecule has 1 amide bonds. The number of ether oxygens (including phenoxy) is 1. The molecule has 0 aliphatic carbocycles. The lowest BCUT2D eigenvalue weighted by Gasteiger charge is -2.04. The Bertz CT molecular complexity index is 1180. The van der Waals surface area contributed by atoms with Crippen LogP contribution in [0.2, 0.25) is 0 Å². The number of fused-ring (bicyclic) bond motifs is 3. The molecule has 8 heteroatoms. The highest BCUT2D eigenvalue weighted by molar-refractivity contribution is 5.78. The lowest BCUT2D eigenvalue weighted by Crippen LogP contribution is -2.27. The highest BCUT2D eigenvalue weighted by Gasteiger charge is 2.14. The van der Waals surface area contributed by atoms with E-state index in [9.17, 15) is 4.79 Å². The summed E-state index contributed by atoms with van der Waals surface area (Å²) in [6.45, 7) is 5.17. The van der Waals surface area contributed by atoms with E-state index in [4.69, 9.17) is 9.84 Å². The molecular formula is C21H24N6O2. The first-order valence-corrected chi connectivity index (χ1v) is 9.62. The van der Waals surface area contributed by atoms with Crippen LogP contribution in [0.1, 0.15) is 23.4 Å². The number of aromatic nitrogens is 5. The van der Waals surface area contributed by atoms with Gasteiger partial charge in [-0.25, -0.2) is 4.52 Å². The van der Waals surface area contributed by atoms with Gasteiger partial charge in [-0.15, -0.1) is 10.2 Å². The molecule has 1 N–H and O–H groups in total. The number of amides is 1. The fraction of sp³-hybridized carbons (Fsp3) is 0.333. The van der Waals surface area contributed by atoms with Gasteiger partial charge >= 0.3 is 0 Å². The van der Waals surface area contributed by atoms with E-state index in [1.54, 1.807) is 7.11 Å². The maximum Gasteiger partial charge on any atom is 0.220 e. The Balaban J connectivity index is 1.61. The molecule has 0 atom stereocenters. The van der Waals surface area contributed by atoms with E-state index in [0.717, 1.165) is 28.2 Å². The molecule has 3 aromatic heterocycles. The third-order valence-corrected chi connectivity index (χ3v) is 4.96. The van der Waals surface area contributed by atoms with Crippen LogP contribution >= 0.6 is 0 Å². The quantitative estimate of drug-likeness (QED) is 0.488. The van der Waals surface area contributed by atoms with Crippen LogP contribution in [0.3, 0.4) is 0 Å². The molecule has 0 aliphatic heterocycles. The SMILES string of the molecule is COCCNC(=O)CCc1nnc2c3cc(-c4cc(C)ccc4C)nn3ccn12. The van der Waals surface area contributed by atoms with E-state index in [-0.39, 0.29) is 5.91 Å². The number of hydrogen-bond donors (Lipinski definition) is 1. The van der Waals surface area contributed by atoms with Gasteiger partial charge < -0.3 is 10.1 Å². The average molecular weight is 392 g/mol. The molecule has 0 bridgehead atoms. The van der Waals surface area contributed by atoms with E-state index in [0.29, 0.717) is 26.0 Å². The average Bonchev–Trinajstić information content (AvgIpc) is 3.32. The van der Waals surface area contributed by atoms with Gasteiger partial charge in [-0.1, -0.05) is 17.7 Å². The number of carbonyl (C=O) groups is 1. The molecule has 0 aliphatic rings. The van der Waals surface area contributed by atoms with Gasteiger partial charge in [-0.3, -0.25) is 9.20 Å². The van der Waals surface area contributed by atoms with Crippen LogP contribution in [-0.2, 0) is 16.0 Å². The lowest BCUT2D eigenvalue weighted by molar-refractivity contribution is -0.121. The number of nitrogens with zero attached hydrogens (tertiary/aromatic N) is 5. The summed E-state index contributed by atoms with van der Waals surface area (Å²) in [5.74, 6) is 0.723. The topological polar surface area (TPSA) is 85.8 Å². The van der Waals surface area contributed by atoms with Gasteiger partial charge in [0.05, 0.1) is 12.3 Å². The molecule has 0 spiro atoms. The number of methoxy groups -OCH3 is 1. The van der Waals surface area contributed by atoms with Crippen molar-refractivity contribution < 1.29 is 9.53 Å². The summed E-state index contributed by atoms with van der Waals surface area (Å²) in [5, 5.41) is 16.2. The van der Waals surface area contributed by atoms with Crippen molar-refractivity contribution in [3.8, 4) is 11.3 Å². The molecule has 8 nitrogen and oxygen atoms in total. The van der Waals surface area contributed by atoms with Crippen LogP contribution in [0.15, 0.2) is 36.7 Å². The van der Waals surface area contributed by atoms with Crippen molar-refractivity contribution in [1.29, 1.82) is 0 Å². The zero-order valence-corrected chi connectivity index (χ0v) is 16.8. The van der Waals surface area contributed by atoms with Gasteiger partial charge in [-0.2, -0.15) is 5.10 Å². The molecule has 0 fully saturated rings.